The second-order valence-corrected chi connectivity index (χ2v) is 4.71. The molecule has 0 radical (unpaired) electrons. The molecule has 22 heavy (non-hydrogen) atoms. The number of carbonyl (C=O) groups is 1. The van der Waals surface area contributed by atoms with Gasteiger partial charge in [0.1, 0.15) is 0 Å². The van der Waals surface area contributed by atoms with Crippen LogP contribution in [0.2, 0.25) is 0 Å². The van der Waals surface area contributed by atoms with Gasteiger partial charge in [-0.1, -0.05) is 18.2 Å². The molecule has 2 rings (SSSR count). The van der Waals surface area contributed by atoms with Crippen molar-refractivity contribution in [3.63, 3.8) is 0 Å². The Morgan fingerprint density at radius 3 is 2.59 bits per heavy atom. The van der Waals surface area contributed by atoms with E-state index in [4.69, 9.17) is 5.11 Å². The topological polar surface area (TPSA) is 67.2 Å². The molecule has 0 aliphatic carbocycles. The van der Waals surface area contributed by atoms with Crippen molar-refractivity contribution >= 4 is 5.97 Å². The lowest BCUT2D eigenvalue weighted by molar-refractivity contribution is -0.141. The lowest BCUT2D eigenvalue weighted by Crippen LogP contribution is -2.17. The molecular formula is C14H14F3N3O2. The molecule has 0 fully saturated rings. The summed E-state index contributed by atoms with van der Waals surface area (Å²) in [6, 6.07) is 7.42. The number of benzene rings is 1. The molecule has 0 spiro atoms. The maximum absolute atomic E-state index is 12.5. The Kier molecular flexibility index (Phi) is 4.51. The van der Waals surface area contributed by atoms with E-state index in [0.717, 1.165) is 10.7 Å². The lowest BCUT2D eigenvalue weighted by Gasteiger charge is -2.08. The number of aryl methyl sites for hydroxylation is 1. The molecule has 1 aromatic carbocycles. The molecule has 0 aliphatic heterocycles. The average Bonchev–Trinajstić information content (AvgIpc) is 2.81. The van der Waals surface area contributed by atoms with Crippen LogP contribution in [-0.2, 0) is 26.3 Å². The number of halogens is 3. The van der Waals surface area contributed by atoms with Crippen LogP contribution in [0.25, 0.3) is 0 Å². The SMILES string of the molecule is Cn1nc(C(F)(F)F)cc1CNCc1ccccc1C(=O)O. The summed E-state index contributed by atoms with van der Waals surface area (Å²) in [5, 5.41) is 15.4. The average molecular weight is 313 g/mol. The monoisotopic (exact) mass is 313 g/mol. The highest BCUT2D eigenvalue weighted by Gasteiger charge is 2.34. The van der Waals surface area contributed by atoms with Crippen molar-refractivity contribution in [1.82, 2.24) is 15.1 Å². The number of aromatic nitrogens is 2. The summed E-state index contributed by atoms with van der Waals surface area (Å²) in [7, 11) is 1.43. The number of nitrogens with one attached hydrogen (secondary N) is 1. The van der Waals surface area contributed by atoms with Gasteiger partial charge in [0.15, 0.2) is 5.69 Å². The number of carboxylic acid groups (broad SMARTS) is 1. The Morgan fingerprint density at radius 1 is 1.32 bits per heavy atom. The third-order valence-corrected chi connectivity index (χ3v) is 3.14. The molecular weight excluding hydrogens is 299 g/mol. The van der Waals surface area contributed by atoms with Crippen molar-refractivity contribution in [2.75, 3.05) is 0 Å². The first-order chi connectivity index (χ1) is 10.3. The second kappa shape index (κ2) is 6.18. The van der Waals surface area contributed by atoms with Gasteiger partial charge in [-0.3, -0.25) is 4.68 Å². The van der Waals surface area contributed by atoms with E-state index in [-0.39, 0.29) is 18.7 Å². The van der Waals surface area contributed by atoms with Gasteiger partial charge in [0.05, 0.1) is 11.3 Å². The van der Waals surface area contributed by atoms with Gasteiger partial charge in [-0.15, -0.1) is 0 Å². The molecule has 0 saturated carbocycles. The van der Waals surface area contributed by atoms with Crippen LogP contribution in [0.1, 0.15) is 27.3 Å². The summed E-state index contributed by atoms with van der Waals surface area (Å²) >= 11 is 0. The van der Waals surface area contributed by atoms with Crippen LogP contribution in [0, 0.1) is 0 Å². The van der Waals surface area contributed by atoms with Gasteiger partial charge >= 0.3 is 12.1 Å². The van der Waals surface area contributed by atoms with E-state index >= 15 is 0 Å². The van der Waals surface area contributed by atoms with E-state index in [9.17, 15) is 18.0 Å². The van der Waals surface area contributed by atoms with Crippen LogP contribution in [0.5, 0.6) is 0 Å². The fourth-order valence-electron chi connectivity index (χ4n) is 2.02. The molecule has 5 nitrogen and oxygen atoms in total. The first kappa shape index (κ1) is 16.0. The Bertz CT molecular complexity index is 680. The Balaban J connectivity index is 2.03. The largest absolute Gasteiger partial charge is 0.478 e. The fourth-order valence-corrected chi connectivity index (χ4v) is 2.02. The quantitative estimate of drug-likeness (QED) is 0.889. The Hall–Kier alpha value is -2.35. The number of alkyl halides is 3. The van der Waals surface area contributed by atoms with Crippen molar-refractivity contribution < 1.29 is 23.1 Å². The summed E-state index contributed by atoms with van der Waals surface area (Å²) in [4.78, 5) is 11.1. The zero-order valence-corrected chi connectivity index (χ0v) is 11.7. The van der Waals surface area contributed by atoms with Crippen molar-refractivity contribution in [3.8, 4) is 0 Å². The van der Waals surface area contributed by atoms with Crippen LogP contribution in [-0.4, -0.2) is 20.9 Å². The van der Waals surface area contributed by atoms with Gasteiger partial charge in [0.2, 0.25) is 0 Å². The van der Waals surface area contributed by atoms with E-state index in [2.05, 4.69) is 10.4 Å². The van der Waals surface area contributed by atoms with Gasteiger partial charge in [-0.05, 0) is 17.7 Å². The van der Waals surface area contributed by atoms with Crippen molar-refractivity contribution in [1.29, 1.82) is 0 Å². The third kappa shape index (κ3) is 3.64. The highest BCUT2D eigenvalue weighted by molar-refractivity contribution is 5.89. The van der Waals surface area contributed by atoms with Crippen LogP contribution < -0.4 is 5.32 Å². The number of carboxylic acids is 1. The van der Waals surface area contributed by atoms with Gasteiger partial charge in [0.25, 0.3) is 0 Å². The van der Waals surface area contributed by atoms with Crippen LogP contribution >= 0.6 is 0 Å². The van der Waals surface area contributed by atoms with Crippen LogP contribution in [0.3, 0.4) is 0 Å². The van der Waals surface area contributed by atoms with Crippen molar-refractivity contribution in [3.05, 3.63) is 52.8 Å². The molecule has 2 aromatic rings. The Morgan fingerprint density at radius 2 is 2.00 bits per heavy atom. The van der Waals surface area contributed by atoms with Crippen molar-refractivity contribution in [2.24, 2.45) is 7.05 Å². The first-order valence-electron chi connectivity index (χ1n) is 6.41. The van der Waals surface area contributed by atoms with Gasteiger partial charge < -0.3 is 10.4 Å². The maximum Gasteiger partial charge on any atom is 0.435 e. The molecule has 0 atom stereocenters. The molecule has 0 saturated heterocycles. The smallest absolute Gasteiger partial charge is 0.435 e. The summed E-state index contributed by atoms with van der Waals surface area (Å²) in [5.74, 6) is -1.04. The number of hydrogen-bond donors (Lipinski definition) is 2. The number of nitrogens with zero attached hydrogens (tertiary/aromatic N) is 2. The molecule has 0 amide bonds. The van der Waals surface area contributed by atoms with E-state index in [1.54, 1.807) is 18.2 Å². The van der Waals surface area contributed by atoms with Gasteiger partial charge in [0, 0.05) is 20.1 Å². The number of aromatic carboxylic acids is 1. The second-order valence-electron chi connectivity index (χ2n) is 4.71. The van der Waals surface area contributed by atoms with Crippen LogP contribution in [0.4, 0.5) is 13.2 Å². The first-order valence-corrected chi connectivity index (χ1v) is 6.41. The predicted octanol–water partition coefficient (Wildman–Crippen LogP) is 2.43. The van der Waals surface area contributed by atoms with E-state index < -0.39 is 17.8 Å². The number of rotatable bonds is 5. The summed E-state index contributed by atoms with van der Waals surface area (Å²) in [6.45, 7) is 0.378. The molecule has 0 unspecified atom stereocenters. The van der Waals surface area contributed by atoms with E-state index in [0.29, 0.717) is 11.3 Å². The lowest BCUT2D eigenvalue weighted by atomic mass is 10.1. The highest BCUT2D eigenvalue weighted by atomic mass is 19.4. The van der Waals surface area contributed by atoms with Gasteiger partial charge in [-0.25, -0.2) is 4.79 Å². The molecule has 1 heterocycles. The predicted molar refractivity (Wildman–Crippen MR) is 72.2 cm³/mol. The zero-order valence-electron chi connectivity index (χ0n) is 11.7. The minimum atomic E-state index is -4.48. The molecule has 0 aliphatic rings. The summed E-state index contributed by atoms with van der Waals surface area (Å²) in [5.41, 5.74) is 0.141. The third-order valence-electron chi connectivity index (χ3n) is 3.14. The standard InChI is InChI=1S/C14H14F3N3O2/c1-20-10(6-12(19-20)14(15,16)17)8-18-7-9-4-2-3-5-11(9)13(21)22/h2-6,18H,7-8H2,1H3,(H,21,22). The van der Waals surface area contributed by atoms with Crippen LogP contribution in [0.15, 0.2) is 30.3 Å². The summed E-state index contributed by atoms with van der Waals surface area (Å²) < 4.78 is 38.8. The van der Waals surface area contributed by atoms with E-state index in [1.165, 1.54) is 13.1 Å². The maximum atomic E-state index is 12.5. The molecule has 8 heteroatoms. The molecule has 2 N–H and O–H groups in total. The molecule has 1 aromatic heterocycles. The fraction of sp³-hybridized carbons (Fsp3) is 0.286. The normalized spacial score (nSPS) is 11.6. The minimum Gasteiger partial charge on any atom is -0.478 e. The van der Waals surface area contributed by atoms with E-state index in [1.807, 2.05) is 0 Å². The highest BCUT2D eigenvalue weighted by Crippen LogP contribution is 2.28. The Labute approximate surface area is 124 Å². The zero-order chi connectivity index (χ0) is 16.3. The number of hydrogen-bond acceptors (Lipinski definition) is 3. The van der Waals surface area contributed by atoms with Gasteiger partial charge in [-0.2, -0.15) is 18.3 Å². The minimum absolute atomic E-state index is 0.146. The summed E-state index contributed by atoms with van der Waals surface area (Å²) in [6.07, 6.45) is -4.48. The van der Waals surface area contributed by atoms with Crippen molar-refractivity contribution in [2.45, 2.75) is 19.3 Å². The molecule has 118 valence electrons. The molecule has 0 bridgehead atoms.